The van der Waals surface area contributed by atoms with Crippen molar-refractivity contribution in [1.29, 1.82) is 0 Å². The molecule has 1 aromatic heterocycles. The Hall–Kier alpha value is -1.54. The van der Waals surface area contributed by atoms with Crippen molar-refractivity contribution in [1.82, 2.24) is 5.10 Å². The third-order valence-corrected chi connectivity index (χ3v) is 6.60. The van der Waals surface area contributed by atoms with Crippen molar-refractivity contribution in [3.05, 3.63) is 57.5 Å². The van der Waals surface area contributed by atoms with Crippen LogP contribution in [0.4, 0.5) is 13.2 Å². The minimum atomic E-state index is -6.09. The topological polar surface area (TPSA) is 87.1 Å². The van der Waals surface area contributed by atoms with Crippen molar-refractivity contribution in [3.8, 4) is 22.9 Å². The minimum Gasteiger partial charge on any atom is -0.741 e. The van der Waals surface area contributed by atoms with E-state index in [4.69, 9.17) is 22.5 Å². The first kappa shape index (κ1) is 26.7. The Kier molecular flexibility index (Phi) is 8.48. The molecule has 0 N–H and O–H groups in total. The lowest BCUT2D eigenvalue weighted by Gasteiger charge is -2.08. The van der Waals surface area contributed by atoms with E-state index in [1.54, 1.807) is 0 Å². The summed E-state index contributed by atoms with van der Waals surface area (Å²) in [6.07, 6.45) is 0.915. The maximum absolute atomic E-state index is 10.7. The summed E-state index contributed by atoms with van der Waals surface area (Å²) in [6.45, 7) is 7.00. The molecule has 0 aliphatic heterocycles. The standard InChI is InChI=1S/C18H19Br2N2OSi.CHF3O3S/c1-24(2,3)12-22-18(14-6-10-16(20)11-7-14)23-17(21-22)13-4-8-15(19)9-5-13;2-1(3,4)8(5,6)7/h4-11H,12H2,1-3H3;(H,5,6,7)/q+1;/p-1. The van der Waals surface area contributed by atoms with Gasteiger partial charge in [0.05, 0.1) is 5.56 Å². The summed E-state index contributed by atoms with van der Waals surface area (Å²) in [5, 5.41) is 4.75. The van der Waals surface area contributed by atoms with Crippen LogP contribution in [-0.4, -0.2) is 31.7 Å². The molecule has 0 unspecified atom stereocenters. The van der Waals surface area contributed by atoms with Gasteiger partial charge in [-0.05, 0) is 48.5 Å². The Morgan fingerprint density at radius 3 is 1.75 bits per heavy atom. The number of nitrogens with zero attached hydrogens (tertiary/aromatic N) is 2. The van der Waals surface area contributed by atoms with E-state index in [9.17, 15) is 13.2 Å². The van der Waals surface area contributed by atoms with Crippen LogP contribution < -0.4 is 4.68 Å². The van der Waals surface area contributed by atoms with Gasteiger partial charge in [0.1, 0.15) is 8.07 Å². The van der Waals surface area contributed by atoms with Crippen LogP contribution >= 0.6 is 31.9 Å². The third-order valence-electron chi connectivity index (χ3n) is 3.73. The first-order chi connectivity index (χ1) is 14.6. The Balaban J connectivity index is 0.000000390. The molecule has 3 aromatic rings. The van der Waals surface area contributed by atoms with Crippen molar-refractivity contribution in [2.24, 2.45) is 0 Å². The SMILES string of the molecule is C[Si](C)(C)C[n+]1nc(-c2ccc(Br)cc2)oc1-c1ccc(Br)cc1.O=S(=O)([O-])C(F)(F)F. The number of halogens is 5. The Morgan fingerprint density at radius 2 is 1.38 bits per heavy atom. The maximum atomic E-state index is 10.7. The molecule has 1 heterocycles. The van der Waals surface area contributed by atoms with Gasteiger partial charge in [0.2, 0.25) is 0 Å². The summed E-state index contributed by atoms with van der Waals surface area (Å²) >= 11 is 6.95. The molecule has 0 spiro atoms. The molecule has 0 bridgehead atoms. The van der Waals surface area contributed by atoms with Gasteiger partial charge in [0.15, 0.2) is 16.3 Å². The second kappa shape index (κ2) is 10.2. The molecule has 13 heteroatoms. The zero-order valence-corrected chi connectivity index (χ0v) is 22.1. The van der Waals surface area contributed by atoms with E-state index >= 15 is 0 Å². The number of aromatic nitrogens is 2. The Labute approximate surface area is 201 Å². The fourth-order valence-corrected chi connectivity index (χ4v) is 4.03. The highest BCUT2D eigenvalue weighted by atomic mass is 79.9. The fourth-order valence-electron chi connectivity index (χ4n) is 2.39. The van der Waals surface area contributed by atoms with E-state index < -0.39 is 23.7 Å². The van der Waals surface area contributed by atoms with Crippen LogP contribution in [-0.2, 0) is 16.3 Å². The highest BCUT2D eigenvalue weighted by Gasteiger charge is 2.37. The second-order valence-corrected chi connectivity index (χ2v) is 16.5. The molecule has 0 aliphatic rings. The average Bonchev–Trinajstić information content (AvgIpc) is 3.03. The van der Waals surface area contributed by atoms with E-state index in [2.05, 4.69) is 63.6 Å². The molecule has 0 atom stereocenters. The molecule has 3 rings (SSSR count). The highest BCUT2D eigenvalue weighted by Crippen LogP contribution is 2.26. The predicted octanol–water partition coefficient (Wildman–Crippen LogP) is 5.75. The van der Waals surface area contributed by atoms with Gasteiger partial charge in [0.25, 0.3) is 5.89 Å². The van der Waals surface area contributed by atoms with Crippen molar-refractivity contribution in [3.63, 3.8) is 0 Å². The molecular formula is C19H19Br2F3N2O4SSi. The molecule has 0 saturated carbocycles. The lowest BCUT2D eigenvalue weighted by Crippen LogP contribution is -2.48. The smallest absolute Gasteiger partial charge is 0.485 e. The molecule has 0 fully saturated rings. The van der Waals surface area contributed by atoms with E-state index in [1.807, 2.05) is 41.1 Å². The summed E-state index contributed by atoms with van der Waals surface area (Å²) in [7, 11) is -7.44. The van der Waals surface area contributed by atoms with E-state index in [0.29, 0.717) is 5.89 Å². The van der Waals surface area contributed by atoms with Crippen molar-refractivity contribution in [2.75, 3.05) is 0 Å². The van der Waals surface area contributed by atoms with Crippen LogP contribution in [0.25, 0.3) is 22.9 Å². The van der Waals surface area contributed by atoms with Crippen LogP contribution in [0.1, 0.15) is 0 Å². The van der Waals surface area contributed by atoms with Crippen molar-refractivity contribution >= 4 is 50.1 Å². The molecule has 0 amide bonds. The first-order valence-corrected chi connectivity index (χ1v) is 15.7. The molecule has 32 heavy (non-hydrogen) atoms. The van der Waals surface area contributed by atoms with Crippen LogP contribution in [0, 0.1) is 0 Å². The summed E-state index contributed by atoms with van der Waals surface area (Å²) in [5.74, 6) is 1.46. The van der Waals surface area contributed by atoms with Gasteiger partial charge in [-0.2, -0.15) is 13.2 Å². The van der Waals surface area contributed by atoms with E-state index in [-0.39, 0.29) is 0 Å². The van der Waals surface area contributed by atoms with Crippen molar-refractivity contribution < 1.29 is 35.2 Å². The van der Waals surface area contributed by atoms with Gasteiger partial charge >= 0.3 is 11.4 Å². The molecular weight excluding hydrogens is 597 g/mol. The molecule has 0 radical (unpaired) electrons. The molecule has 2 aromatic carbocycles. The zero-order chi connectivity index (χ0) is 24.3. The lowest BCUT2D eigenvalue weighted by atomic mass is 10.2. The van der Waals surface area contributed by atoms with Crippen LogP contribution in [0.5, 0.6) is 0 Å². The monoisotopic (exact) mass is 614 g/mol. The second-order valence-electron chi connectivity index (χ2n) is 7.84. The van der Waals surface area contributed by atoms with Crippen molar-refractivity contribution in [2.45, 2.75) is 31.3 Å². The number of hydrogen-bond donors (Lipinski definition) is 0. The van der Waals surface area contributed by atoms with Gasteiger partial charge in [-0.25, -0.2) is 8.42 Å². The largest absolute Gasteiger partial charge is 0.741 e. The van der Waals surface area contributed by atoms with E-state index in [1.165, 1.54) is 0 Å². The number of alkyl halides is 3. The predicted molar refractivity (Wildman–Crippen MR) is 122 cm³/mol. The van der Waals surface area contributed by atoms with Gasteiger partial charge in [0, 0.05) is 19.6 Å². The summed E-state index contributed by atoms with van der Waals surface area (Å²) < 4.78 is 69.2. The lowest BCUT2D eigenvalue weighted by molar-refractivity contribution is -0.728. The van der Waals surface area contributed by atoms with Crippen LogP contribution in [0.2, 0.25) is 19.6 Å². The zero-order valence-electron chi connectivity index (χ0n) is 17.2. The first-order valence-electron chi connectivity index (χ1n) is 9.02. The summed E-state index contributed by atoms with van der Waals surface area (Å²) in [4.78, 5) is 0. The third kappa shape index (κ3) is 7.80. The average molecular weight is 616 g/mol. The quantitative estimate of drug-likeness (QED) is 0.161. The van der Waals surface area contributed by atoms with Gasteiger partial charge < -0.3 is 8.97 Å². The van der Waals surface area contributed by atoms with Crippen LogP contribution in [0.3, 0.4) is 0 Å². The Morgan fingerprint density at radius 1 is 0.969 bits per heavy atom. The normalized spacial score (nSPS) is 12.3. The maximum Gasteiger partial charge on any atom is 0.485 e. The van der Waals surface area contributed by atoms with Crippen LogP contribution in [0.15, 0.2) is 61.9 Å². The van der Waals surface area contributed by atoms with Gasteiger partial charge in [-0.1, -0.05) is 56.2 Å². The number of rotatable bonds is 4. The Bertz CT molecular complexity index is 1160. The summed E-state index contributed by atoms with van der Waals surface area (Å²) in [6, 6.07) is 16.2. The number of benzene rings is 2. The molecule has 0 aliphatic carbocycles. The summed E-state index contributed by atoms with van der Waals surface area (Å²) in [5.41, 5.74) is -3.63. The molecule has 0 saturated heterocycles. The highest BCUT2D eigenvalue weighted by molar-refractivity contribution is 9.10. The van der Waals surface area contributed by atoms with E-state index in [0.717, 1.165) is 32.1 Å². The molecule has 174 valence electrons. The number of hydrogen-bond acceptors (Lipinski definition) is 5. The minimum absolute atomic E-state index is 0.652. The fraction of sp³-hybridized carbons (Fsp3) is 0.263. The molecule has 6 nitrogen and oxygen atoms in total. The van der Waals surface area contributed by atoms with Gasteiger partial charge in [-0.15, -0.1) is 0 Å². The van der Waals surface area contributed by atoms with Gasteiger partial charge in [-0.3, -0.25) is 0 Å².